The third-order valence-electron chi connectivity index (χ3n) is 3.40. The van der Waals surface area contributed by atoms with Crippen molar-refractivity contribution in [3.8, 4) is 11.5 Å². The van der Waals surface area contributed by atoms with Crippen molar-refractivity contribution in [3.05, 3.63) is 35.7 Å². The number of ether oxygens (including phenoxy) is 2. The molecule has 1 N–H and O–H groups in total. The van der Waals surface area contributed by atoms with E-state index >= 15 is 0 Å². The predicted molar refractivity (Wildman–Crippen MR) is 83.1 cm³/mol. The molecule has 1 heterocycles. The average Bonchev–Trinajstić information content (AvgIpc) is 2.95. The topological polar surface area (TPSA) is 69.4 Å². The van der Waals surface area contributed by atoms with Crippen LogP contribution in [-0.2, 0) is 13.0 Å². The van der Waals surface area contributed by atoms with Crippen molar-refractivity contribution in [1.82, 2.24) is 15.0 Å². The van der Waals surface area contributed by atoms with Gasteiger partial charge in [0.15, 0.2) is 0 Å². The summed E-state index contributed by atoms with van der Waals surface area (Å²) in [7, 11) is 1.64. The summed E-state index contributed by atoms with van der Waals surface area (Å²) in [4.78, 5) is 0. The molecule has 0 aliphatic heterocycles. The van der Waals surface area contributed by atoms with Crippen LogP contribution in [0.4, 0.5) is 0 Å². The molecule has 0 amide bonds. The Balaban J connectivity index is 1.86. The molecule has 0 radical (unpaired) electrons. The zero-order chi connectivity index (χ0) is 15.9. The molecule has 0 saturated heterocycles. The highest BCUT2D eigenvalue weighted by molar-refractivity contribution is 5.31. The van der Waals surface area contributed by atoms with Gasteiger partial charge in [0.05, 0.1) is 26.0 Å². The molecule has 6 nitrogen and oxygen atoms in total. The monoisotopic (exact) mass is 305 g/mol. The van der Waals surface area contributed by atoms with E-state index in [0.29, 0.717) is 12.3 Å². The van der Waals surface area contributed by atoms with Crippen molar-refractivity contribution < 1.29 is 14.6 Å². The van der Waals surface area contributed by atoms with Gasteiger partial charge in [-0.2, -0.15) is 0 Å². The lowest BCUT2D eigenvalue weighted by Crippen LogP contribution is -2.10. The van der Waals surface area contributed by atoms with Gasteiger partial charge in [-0.15, -0.1) is 5.10 Å². The molecule has 0 aliphatic rings. The van der Waals surface area contributed by atoms with Crippen LogP contribution in [0.5, 0.6) is 11.5 Å². The summed E-state index contributed by atoms with van der Waals surface area (Å²) in [6, 6.07) is 7.74. The predicted octanol–water partition coefficient (Wildman–Crippen LogP) is 2.37. The van der Waals surface area contributed by atoms with Gasteiger partial charge >= 0.3 is 0 Å². The van der Waals surface area contributed by atoms with E-state index < -0.39 is 0 Å². The highest BCUT2D eigenvalue weighted by Crippen LogP contribution is 2.18. The van der Waals surface area contributed by atoms with Crippen LogP contribution in [0.15, 0.2) is 24.3 Å². The van der Waals surface area contributed by atoms with E-state index in [1.165, 1.54) is 0 Å². The molecule has 1 aromatic carbocycles. The first-order valence-electron chi connectivity index (χ1n) is 7.46. The van der Waals surface area contributed by atoms with Crippen LogP contribution in [-0.4, -0.2) is 33.8 Å². The third-order valence-corrected chi connectivity index (χ3v) is 3.40. The Bertz CT molecular complexity index is 579. The van der Waals surface area contributed by atoms with Crippen LogP contribution < -0.4 is 9.47 Å². The van der Waals surface area contributed by atoms with Gasteiger partial charge in [0, 0.05) is 6.04 Å². The molecule has 1 aromatic heterocycles. The minimum absolute atomic E-state index is 0.0820. The van der Waals surface area contributed by atoms with Gasteiger partial charge in [-0.3, -0.25) is 0 Å². The normalized spacial score (nSPS) is 11.0. The molecule has 0 fully saturated rings. The number of aromatic nitrogens is 3. The summed E-state index contributed by atoms with van der Waals surface area (Å²) < 4.78 is 12.7. The van der Waals surface area contributed by atoms with Gasteiger partial charge in [-0.05, 0) is 51.0 Å². The molecule has 22 heavy (non-hydrogen) atoms. The van der Waals surface area contributed by atoms with E-state index in [1.54, 1.807) is 7.11 Å². The largest absolute Gasteiger partial charge is 0.497 e. The molecule has 0 saturated carbocycles. The first-order chi connectivity index (χ1) is 10.7. The second-order valence-electron chi connectivity index (χ2n) is 5.31. The number of benzene rings is 1. The molecule has 0 aliphatic carbocycles. The second kappa shape index (κ2) is 7.79. The first kappa shape index (κ1) is 16.3. The highest BCUT2D eigenvalue weighted by atomic mass is 16.5. The molecule has 0 spiro atoms. The van der Waals surface area contributed by atoms with Crippen LogP contribution in [0.1, 0.15) is 37.7 Å². The summed E-state index contributed by atoms with van der Waals surface area (Å²) in [6.07, 6.45) is 1.61. The van der Waals surface area contributed by atoms with E-state index in [-0.39, 0.29) is 12.6 Å². The van der Waals surface area contributed by atoms with Crippen molar-refractivity contribution >= 4 is 0 Å². The van der Waals surface area contributed by atoms with Crippen LogP contribution in [0.2, 0.25) is 0 Å². The SMILES string of the molecule is COc1ccc(OCCCc2c(CO)nnn2C(C)C)cc1. The Hall–Kier alpha value is -2.08. The lowest BCUT2D eigenvalue weighted by Gasteiger charge is -2.11. The number of rotatable bonds is 8. The number of aliphatic hydroxyl groups excluding tert-OH is 1. The van der Waals surface area contributed by atoms with Crippen LogP contribution in [0, 0.1) is 0 Å². The van der Waals surface area contributed by atoms with Gasteiger partial charge in [0.1, 0.15) is 17.2 Å². The van der Waals surface area contributed by atoms with Gasteiger partial charge < -0.3 is 14.6 Å². The maximum Gasteiger partial charge on any atom is 0.119 e. The Labute approximate surface area is 130 Å². The Morgan fingerprint density at radius 2 is 1.86 bits per heavy atom. The Morgan fingerprint density at radius 3 is 2.45 bits per heavy atom. The summed E-state index contributed by atoms with van der Waals surface area (Å²) in [5.74, 6) is 1.63. The summed E-state index contributed by atoms with van der Waals surface area (Å²) in [5.41, 5.74) is 1.63. The number of hydrogen-bond acceptors (Lipinski definition) is 5. The lowest BCUT2D eigenvalue weighted by atomic mass is 10.2. The number of aliphatic hydroxyl groups is 1. The van der Waals surface area contributed by atoms with Gasteiger partial charge in [0.25, 0.3) is 0 Å². The van der Waals surface area contributed by atoms with Crippen LogP contribution in [0.3, 0.4) is 0 Å². The zero-order valence-corrected chi connectivity index (χ0v) is 13.3. The maximum absolute atomic E-state index is 9.34. The molecule has 6 heteroatoms. The molecule has 2 aromatic rings. The smallest absolute Gasteiger partial charge is 0.119 e. The standard InChI is InChI=1S/C16H23N3O3/c1-12(2)19-16(15(11-20)17-18-19)5-4-10-22-14-8-6-13(21-3)7-9-14/h6-9,12,20H,4-5,10-11H2,1-3H3. The van der Waals surface area contributed by atoms with E-state index in [1.807, 2.05) is 42.8 Å². The van der Waals surface area contributed by atoms with E-state index in [0.717, 1.165) is 30.0 Å². The van der Waals surface area contributed by atoms with Crippen molar-refractivity contribution in [2.75, 3.05) is 13.7 Å². The van der Waals surface area contributed by atoms with Crippen molar-refractivity contribution in [2.24, 2.45) is 0 Å². The second-order valence-corrected chi connectivity index (χ2v) is 5.31. The van der Waals surface area contributed by atoms with E-state index in [9.17, 15) is 5.11 Å². The Kier molecular flexibility index (Phi) is 5.77. The van der Waals surface area contributed by atoms with Gasteiger partial charge in [-0.1, -0.05) is 5.21 Å². The Morgan fingerprint density at radius 1 is 1.18 bits per heavy atom. The number of methoxy groups -OCH3 is 1. The summed E-state index contributed by atoms with van der Waals surface area (Å²) >= 11 is 0. The fourth-order valence-electron chi connectivity index (χ4n) is 2.24. The quantitative estimate of drug-likeness (QED) is 0.758. The molecule has 2 rings (SSSR count). The minimum atomic E-state index is -0.0820. The lowest BCUT2D eigenvalue weighted by molar-refractivity contribution is 0.274. The van der Waals surface area contributed by atoms with Gasteiger partial charge in [0.2, 0.25) is 0 Å². The minimum Gasteiger partial charge on any atom is -0.497 e. The van der Waals surface area contributed by atoms with Crippen molar-refractivity contribution in [1.29, 1.82) is 0 Å². The van der Waals surface area contributed by atoms with Gasteiger partial charge in [-0.25, -0.2) is 4.68 Å². The van der Waals surface area contributed by atoms with E-state index in [4.69, 9.17) is 9.47 Å². The molecule has 120 valence electrons. The first-order valence-corrected chi connectivity index (χ1v) is 7.46. The van der Waals surface area contributed by atoms with Crippen molar-refractivity contribution in [2.45, 2.75) is 39.3 Å². The average molecular weight is 305 g/mol. The highest BCUT2D eigenvalue weighted by Gasteiger charge is 2.13. The molecular weight excluding hydrogens is 282 g/mol. The molecule has 0 atom stereocenters. The summed E-state index contributed by atoms with van der Waals surface area (Å²) in [5, 5.41) is 17.5. The molecule has 0 bridgehead atoms. The third kappa shape index (κ3) is 3.98. The number of hydrogen-bond donors (Lipinski definition) is 1. The van der Waals surface area contributed by atoms with Crippen LogP contribution in [0.25, 0.3) is 0 Å². The fourth-order valence-corrected chi connectivity index (χ4v) is 2.24. The van der Waals surface area contributed by atoms with Crippen molar-refractivity contribution in [3.63, 3.8) is 0 Å². The molecular formula is C16H23N3O3. The fraction of sp³-hybridized carbons (Fsp3) is 0.500. The zero-order valence-electron chi connectivity index (χ0n) is 13.3. The number of nitrogens with zero attached hydrogens (tertiary/aromatic N) is 3. The summed E-state index contributed by atoms with van der Waals surface area (Å²) in [6.45, 7) is 4.61. The molecule has 0 unspecified atom stereocenters. The maximum atomic E-state index is 9.34. The van der Waals surface area contributed by atoms with Crippen LogP contribution >= 0.6 is 0 Å². The van der Waals surface area contributed by atoms with E-state index in [2.05, 4.69) is 10.3 Å².